The number of aryl methyl sites for hydroxylation is 1. The number of hydrogen-bond donors (Lipinski definition) is 2. The Labute approximate surface area is 132 Å². The number of H-pyrrole nitrogens is 1. The molecule has 0 aliphatic heterocycles. The smallest absolute Gasteiger partial charge is 0.269 e. The van der Waals surface area contributed by atoms with Crippen molar-refractivity contribution >= 4 is 22.5 Å². The summed E-state index contributed by atoms with van der Waals surface area (Å²) in [5.74, 6) is -0.259. The van der Waals surface area contributed by atoms with Gasteiger partial charge in [0.1, 0.15) is 0 Å². The molecule has 1 amide bonds. The fraction of sp³-hybridized carbons (Fsp3) is 0.118. The lowest BCUT2D eigenvalue weighted by atomic mass is 10.1. The number of rotatable bonds is 4. The summed E-state index contributed by atoms with van der Waals surface area (Å²) in [6.07, 6.45) is 0. The van der Waals surface area contributed by atoms with E-state index in [0.717, 1.165) is 22.2 Å². The molecule has 2 aromatic carbocycles. The predicted octanol–water partition coefficient (Wildman–Crippen LogP) is 3.31. The van der Waals surface area contributed by atoms with Crippen molar-refractivity contribution < 1.29 is 9.72 Å². The highest BCUT2D eigenvalue weighted by Crippen LogP contribution is 2.17. The summed E-state index contributed by atoms with van der Waals surface area (Å²) in [7, 11) is 0. The van der Waals surface area contributed by atoms with Crippen LogP contribution in [-0.4, -0.2) is 15.8 Å². The number of nitro groups is 1. The molecule has 116 valence electrons. The molecule has 0 fully saturated rings. The molecule has 6 heteroatoms. The summed E-state index contributed by atoms with van der Waals surface area (Å²) in [6.45, 7) is 2.39. The first kappa shape index (κ1) is 14.8. The Hall–Kier alpha value is -3.15. The summed E-state index contributed by atoms with van der Waals surface area (Å²) < 4.78 is 0. The number of nitro benzene ring substituents is 1. The topological polar surface area (TPSA) is 88.0 Å². The largest absolute Gasteiger partial charge is 0.359 e. The van der Waals surface area contributed by atoms with Crippen LogP contribution in [0.15, 0.2) is 48.5 Å². The zero-order valence-electron chi connectivity index (χ0n) is 12.5. The summed E-state index contributed by atoms with van der Waals surface area (Å²) in [4.78, 5) is 25.4. The molecule has 0 spiro atoms. The van der Waals surface area contributed by atoms with Gasteiger partial charge in [0.2, 0.25) is 0 Å². The molecule has 2 N–H and O–H groups in total. The second-order valence-electron chi connectivity index (χ2n) is 5.36. The van der Waals surface area contributed by atoms with Crippen LogP contribution in [0.3, 0.4) is 0 Å². The Kier molecular flexibility index (Phi) is 3.80. The molecule has 1 heterocycles. The van der Waals surface area contributed by atoms with Crippen LogP contribution in [0, 0.1) is 17.0 Å². The van der Waals surface area contributed by atoms with Gasteiger partial charge in [-0.3, -0.25) is 14.9 Å². The van der Waals surface area contributed by atoms with E-state index in [0.29, 0.717) is 12.1 Å². The Morgan fingerprint density at radius 2 is 1.91 bits per heavy atom. The Morgan fingerprint density at radius 1 is 1.17 bits per heavy atom. The van der Waals surface area contributed by atoms with Crippen molar-refractivity contribution in [3.63, 3.8) is 0 Å². The number of nitrogens with one attached hydrogen (secondary N) is 2. The van der Waals surface area contributed by atoms with Gasteiger partial charge in [-0.1, -0.05) is 6.07 Å². The van der Waals surface area contributed by atoms with Gasteiger partial charge in [-0.2, -0.15) is 0 Å². The van der Waals surface area contributed by atoms with Gasteiger partial charge in [-0.15, -0.1) is 0 Å². The maximum absolute atomic E-state index is 12.1. The van der Waals surface area contributed by atoms with Crippen molar-refractivity contribution in [1.29, 1.82) is 0 Å². The number of nitrogens with zero attached hydrogens (tertiary/aromatic N) is 1. The summed E-state index contributed by atoms with van der Waals surface area (Å²) in [5, 5.41) is 14.5. The van der Waals surface area contributed by atoms with E-state index in [1.807, 2.05) is 25.1 Å². The van der Waals surface area contributed by atoms with E-state index >= 15 is 0 Å². The number of non-ortho nitro benzene ring substituents is 1. The summed E-state index contributed by atoms with van der Waals surface area (Å²) in [6, 6.07) is 13.6. The third kappa shape index (κ3) is 3.21. The molecule has 0 aliphatic rings. The molecule has 0 radical (unpaired) electrons. The maximum atomic E-state index is 12.1. The standard InChI is InChI=1S/C17H15N3O3/c1-11-8-14-9-12(2-7-16(14)19-11)10-18-17(21)13-3-5-15(6-4-13)20(22)23/h2-9,19H,10H2,1H3,(H,18,21). The molecule has 0 bridgehead atoms. The summed E-state index contributed by atoms with van der Waals surface area (Å²) in [5.41, 5.74) is 3.51. The van der Waals surface area contributed by atoms with Gasteiger partial charge in [0.25, 0.3) is 11.6 Å². The van der Waals surface area contributed by atoms with Crippen LogP contribution < -0.4 is 5.32 Å². The minimum Gasteiger partial charge on any atom is -0.359 e. The van der Waals surface area contributed by atoms with Crippen LogP contribution in [0.4, 0.5) is 5.69 Å². The van der Waals surface area contributed by atoms with Crippen molar-refractivity contribution in [2.45, 2.75) is 13.5 Å². The first-order valence-electron chi connectivity index (χ1n) is 7.14. The van der Waals surface area contributed by atoms with Crippen LogP contribution in [-0.2, 0) is 6.54 Å². The van der Waals surface area contributed by atoms with E-state index in [2.05, 4.69) is 16.4 Å². The molecule has 1 aromatic heterocycles. The van der Waals surface area contributed by atoms with Crippen molar-refractivity contribution in [2.24, 2.45) is 0 Å². The van der Waals surface area contributed by atoms with Gasteiger partial charge in [-0.25, -0.2) is 0 Å². The lowest BCUT2D eigenvalue weighted by molar-refractivity contribution is -0.384. The van der Waals surface area contributed by atoms with Crippen LogP contribution in [0.2, 0.25) is 0 Å². The average Bonchev–Trinajstić information content (AvgIpc) is 2.92. The molecule has 3 rings (SSSR count). The van der Waals surface area contributed by atoms with E-state index in [4.69, 9.17) is 0 Å². The van der Waals surface area contributed by atoms with Crippen molar-refractivity contribution in [1.82, 2.24) is 10.3 Å². The number of aromatic nitrogens is 1. The van der Waals surface area contributed by atoms with E-state index in [1.165, 1.54) is 24.3 Å². The lowest BCUT2D eigenvalue weighted by Gasteiger charge is -2.05. The van der Waals surface area contributed by atoms with E-state index in [9.17, 15) is 14.9 Å². The number of benzene rings is 2. The molecular weight excluding hydrogens is 294 g/mol. The first-order chi connectivity index (χ1) is 11.0. The Balaban J connectivity index is 1.68. The number of aromatic amines is 1. The molecule has 3 aromatic rings. The molecule has 23 heavy (non-hydrogen) atoms. The summed E-state index contributed by atoms with van der Waals surface area (Å²) >= 11 is 0. The molecular formula is C17H15N3O3. The fourth-order valence-corrected chi connectivity index (χ4v) is 2.46. The molecule has 0 atom stereocenters. The highest BCUT2D eigenvalue weighted by molar-refractivity contribution is 5.94. The highest BCUT2D eigenvalue weighted by atomic mass is 16.6. The number of carbonyl (C=O) groups excluding carboxylic acids is 1. The second-order valence-corrected chi connectivity index (χ2v) is 5.36. The highest BCUT2D eigenvalue weighted by Gasteiger charge is 2.09. The van der Waals surface area contributed by atoms with Gasteiger partial charge in [0.15, 0.2) is 0 Å². The molecule has 0 unspecified atom stereocenters. The van der Waals surface area contributed by atoms with Crippen molar-refractivity contribution in [3.8, 4) is 0 Å². The van der Waals surface area contributed by atoms with Crippen molar-refractivity contribution in [3.05, 3.63) is 75.5 Å². The molecule has 0 aliphatic carbocycles. The Bertz CT molecular complexity index is 882. The lowest BCUT2D eigenvalue weighted by Crippen LogP contribution is -2.22. The molecule has 0 saturated heterocycles. The van der Waals surface area contributed by atoms with E-state index < -0.39 is 4.92 Å². The number of hydrogen-bond acceptors (Lipinski definition) is 3. The minimum atomic E-state index is -0.490. The number of fused-ring (bicyclic) bond motifs is 1. The van der Waals surface area contributed by atoms with Gasteiger partial charge in [0, 0.05) is 35.5 Å². The Morgan fingerprint density at radius 3 is 2.61 bits per heavy atom. The van der Waals surface area contributed by atoms with Crippen LogP contribution in [0.25, 0.3) is 10.9 Å². The van der Waals surface area contributed by atoms with Crippen LogP contribution in [0.5, 0.6) is 0 Å². The van der Waals surface area contributed by atoms with Crippen LogP contribution in [0.1, 0.15) is 21.6 Å². The van der Waals surface area contributed by atoms with Crippen LogP contribution >= 0.6 is 0 Å². The molecule has 0 saturated carbocycles. The third-order valence-electron chi connectivity index (χ3n) is 3.61. The predicted molar refractivity (Wildman–Crippen MR) is 87.3 cm³/mol. The number of amides is 1. The maximum Gasteiger partial charge on any atom is 0.269 e. The SMILES string of the molecule is Cc1cc2cc(CNC(=O)c3ccc([N+](=O)[O-])cc3)ccc2[nH]1. The molecule has 6 nitrogen and oxygen atoms in total. The normalized spacial score (nSPS) is 10.7. The zero-order valence-corrected chi connectivity index (χ0v) is 12.5. The monoisotopic (exact) mass is 309 g/mol. The van der Waals surface area contributed by atoms with E-state index in [1.54, 1.807) is 0 Å². The quantitative estimate of drug-likeness (QED) is 0.572. The van der Waals surface area contributed by atoms with Gasteiger partial charge in [0.05, 0.1) is 4.92 Å². The van der Waals surface area contributed by atoms with Gasteiger partial charge < -0.3 is 10.3 Å². The van der Waals surface area contributed by atoms with E-state index in [-0.39, 0.29) is 11.6 Å². The number of carbonyl (C=O) groups is 1. The van der Waals surface area contributed by atoms with Gasteiger partial charge in [-0.05, 0) is 48.2 Å². The van der Waals surface area contributed by atoms with Crippen molar-refractivity contribution in [2.75, 3.05) is 0 Å². The van der Waals surface area contributed by atoms with Gasteiger partial charge >= 0.3 is 0 Å². The fourth-order valence-electron chi connectivity index (χ4n) is 2.46. The second kappa shape index (κ2) is 5.92. The third-order valence-corrected chi connectivity index (χ3v) is 3.61. The first-order valence-corrected chi connectivity index (χ1v) is 7.14. The zero-order chi connectivity index (χ0) is 16.4. The average molecular weight is 309 g/mol. The minimum absolute atomic E-state index is 0.0326.